The second-order valence-electron chi connectivity index (χ2n) is 6.74. The minimum Gasteiger partial charge on any atom is -0.444 e. The molecule has 4 nitrogen and oxygen atoms in total. The lowest BCUT2D eigenvalue weighted by Gasteiger charge is -2.24. The number of Topliss-reactive ketones (excluding diaryl/α,β-unsaturated/α-hetero) is 1. The van der Waals surface area contributed by atoms with E-state index in [1.165, 1.54) is 0 Å². The van der Waals surface area contributed by atoms with Gasteiger partial charge in [0.15, 0.2) is 5.78 Å². The molecule has 5 heteroatoms. The number of hydrogen-bond acceptors (Lipinski definition) is 3. The Morgan fingerprint density at radius 2 is 1.78 bits per heavy atom. The molecule has 1 amide bonds. The van der Waals surface area contributed by atoms with Crippen LogP contribution in [0.3, 0.4) is 0 Å². The molecule has 0 saturated heterocycles. The predicted octanol–water partition coefficient (Wildman–Crippen LogP) is 4.39. The third-order valence-corrected chi connectivity index (χ3v) is 3.74. The van der Waals surface area contributed by atoms with Crippen LogP contribution in [0.5, 0.6) is 0 Å². The summed E-state index contributed by atoms with van der Waals surface area (Å²) in [6, 6.07) is 6.65. The molecule has 1 aromatic carbocycles. The van der Waals surface area contributed by atoms with E-state index in [1.54, 1.807) is 32.9 Å². The second-order valence-corrected chi connectivity index (χ2v) is 7.18. The summed E-state index contributed by atoms with van der Waals surface area (Å²) in [6.07, 6.45) is 0.569. The van der Waals surface area contributed by atoms with E-state index in [9.17, 15) is 9.59 Å². The van der Waals surface area contributed by atoms with Crippen molar-refractivity contribution in [2.24, 2.45) is 5.92 Å². The van der Waals surface area contributed by atoms with Gasteiger partial charge in [0, 0.05) is 10.9 Å². The Balaban J connectivity index is 2.86. The van der Waals surface area contributed by atoms with E-state index in [4.69, 9.17) is 16.3 Å². The van der Waals surface area contributed by atoms with Crippen molar-refractivity contribution in [1.82, 2.24) is 5.32 Å². The van der Waals surface area contributed by atoms with Crippen LogP contribution in [-0.2, 0) is 16.0 Å². The largest absolute Gasteiger partial charge is 0.444 e. The van der Waals surface area contributed by atoms with Crippen molar-refractivity contribution < 1.29 is 14.3 Å². The molecule has 23 heavy (non-hydrogen) atoms. The molecule has 2 unspecified atom stereocenters. The lowest BCUT2D eigenvalue weighted by Crippen LogP contribution is -2.46. The number of ketones is 1. The van der Waals surface area contributed by atoms with Gasteiger partial charge in [-0.05, 0) is 51.3 Å². The van der Waals surface area contributed by atoms with Gasteiger partial charge in [-0.25, -0.2) is 4.79 Å². The lowest BCUT2D eigenvalue weighted by atomic mass is 9.93. The summed E-state index contributed by atoms with van der Waals surface area (Å²) in [4.78, 5) is 24.6. The zero-order valence-electron chi connectivity index (χ0n) is 14.5. The van der Waals surface area contributed by atoms with E-state index in [-0.39, 0.29) is 11.7 Å². The molecule has 0 bridgehead atoms. The van der Waals surface area contributed by atoms with E-state index in [2.05, 4.69) is 5.32 Å². The molecule has 0 aliphatic heterocycles. The van der Waals surface area contributed by atoms with Crippen LogP contribution in [0.4, 0.5) is 4.79 Å². The number of carbonyl (C=O) groups is 2. The van der Waals surface area contributed by atoms with Gasteiger partial charge < -0.3 is 10.1 Å². The number of halogens is 1. The highest BCUT2D eigenvalue weighted by atomic mass is 35.5. The third kappa shape index (κ3) is 7.04. The third-order valence-electron chi connectivity index (χ3n) is 3.49. The Bertz CT molecular complexity index is 534. The summed E-state index contributed by atoms with van der Waals surface area (Å²) in [5, 5.41) is 3.35. The van der Waals surface area contributed by atoms with Gasteiger partial charge in [-0.3, -0.25) is 4.79 Å². The molecule has 128 valence electrons. The monoisotopic (exact) mass is 339 g/mol. The van der Waals surface area contributed by atoms with Gasteiger partial charge in [0.25, 0.3) is 0 Å². The molecule has 0 aromatic heterocycles. The smallest absolute Gasteiger partial charge is 0.408 e. The highest BCUT2D eigenvalue weighted by Crippen LogP contribution is 2.15. The molecule has 0 spiro atoms. The first kappa shape index (κ1) is 19.5. The molecule has 1 rings (SSSR count). The van der Waals surface area contributed by atoms with Gasteiger partial charge in [0.05, 0.1) is 6.04 Å². The van der Waals surface area contributed by atoms with Crippen molar-refractivity contribution >= 4 is 23.5 Å². The summed E-state index contributed by atoms with van der Waals surface area (Å²) < 4.78 is 5.27. The minimum atomic E-state index is -0.610. The second kappa shape index (κ2) is 8.34. The van der Waals surface area contributed by atoms with Gasteiger partial charge in [0.1, 0.15) is 5.60 Å². The van der Waals surface area contributed by atoms with Gasteiger partial charge in [-0.15, -0.1) is 0 Å². The first-order chi connectivity index (χ1) is 10.6. The quantitative estimate of drug-likeness (QED) is 0.836. The highest BCUT2D eigenvalue weighted by molar-refractivity contribution is 6.30. The average molecular weight is 340 g/mol. The van der Waals surface area contributed by atoms with Crippen molar-refractivity contribution in [2.75, 3.05) is 0 Å². The normalized spacial score (nSPS) is 14.0. The Kier molecular flexibility index (Phi) is 7.07. The van der Waals surface area contributed by atoms with Crippen molar-refractivity contribution in [3.8, 4) is 0 Å². The molecule has 0 aliphatic rings. The molecule has 0 saturated carbocycles. The SMILES string of the molecule is CCC(C)C(=O)C(Cc1ccc(Cl)cc1)NC(=O)OC(C)(C)C. The number of nitrogens with one attached hydrogen (secondary N) is 1. The van der Waals surface area contributed by atoms with Crippen molar-refractivity contribution in [3.63, 3.8) is 0 Å². The first-order valence-electron chi connectivity index (χ1n) is 7.90. The van der Waals surface area contributed by atoms with Gasteiger partial charge in [0.2, 0.25) is 0 Å². The lowest BCUT2D eigenvalue weighted by molar-refractivity contribution is -0.124. The van der Waals surface area contributed by atoms with Crippen LogP contribution in [0.2, 0.25) is 5.02 Å². The van der Waals surface area contributed by atoms with E-state index in [0.29, 0.717) is 11.4 Å². The fourth-order valence-electron chi connectivity index (χ4n) is 2.07. The maximum atomic E-state index is 12.6. The molecule has 2 atom stereocenters. The molecule has 0 heterocycles. The number of rotatable bonds is 6. The van der Waals surface area contributed by atoms with E-state index in [1.807, 2.05) is 26.0 Å². The van der Waals surface area contributed by atoms with Crippen LogP contribution in [-0.4, -0.2) is 23.5 Å². The fraction of sp³-hybridized carbons (Fsp3) is 0.556. The van der Waals surface area contributed by atoms with Gasteiger partial charge in [-0.1, -0.05) is 37.6 Å². The van der Waals surface area contributed by atoms with Crippen LogP contribution in [0.1, 0.15) is 46.6 Å². The summed E-state index contributed by atoms with van der Waals surface area (Å²) >= 11 is 5.88. The minimum absolute atomic E-state index is 0.00769. The number of hydrogen-bond donors (Lipinski definition) is 1. The maximum absolute atomic E-state index is 12.6. The van der Waals surface area contributed by atoms with Crippen molar-refractivity contribution in [3.05, 3.63) is 34.9 Å². The fourth-order valence-corrected chi connectivity index (χ4v) is 2.20. The molecular formula is C18H26ClNO3. The molecular weight excluding hydrogens is 314 g/mol. The van der Waals surface area contributed by atoms with Gasteiger partial charge in [-0.2, -0.15) is 0 Å². The average Bonchev–Trinajstić information content (AvgIpc) is 2.45. The van der Waals surface area contributed by atoms with Crippen LogP contribution in [0.25, 0.3) is 0 Å². The number of amides is 1. The van der Waals surface area contributed by atoms with E-state index >= 15 is 0 Å². The number of benzene rings is 1. The molecule has 0 aliphatic carbocycles. The van der Waals surface area contributed by atoms with Crippen LogP contribution in [0, 0.1) is 5.92 Å². The van der Waals surface area contributed by atoms with Crippen molar-refractivity contribution in [1.29, 1.82) is 0 Å². The Hall–Kier alpha value is -1.55. The number of carbonyl (C=O) groups excluding carboxylic acids is 2. The Labute approximate surface area is 143 Å². The predicted molar refractivity (Wildman–Crippen MR) is 92.8 cm³/mol. The number of alkyl carbamates (subject to hydrolysis) is 1. The number of ether oxygens (including phenoxy) is 1. The Morgan fingerprint density at radius 1 is 1.22 bits per heavy atom. The van der Waals surface area contributed by atoms with Crippen molar-refractivity contribution in [2.45, 2.75) is 59.1 Å². The summed E-state index contributed by atoms with van der Waals surface area (Å²) in [5.74, 6) is -0.115. The standard InChI is InChI=1S/C18H26ClNO3/c1-6-12(2)16(21)15(20-17(22)23-18(3,4)5)11-13-7-9-14(19)10-8-13/h7-10,12,15H,6,11H2,1-5H3,(H,20,22). The molecule has 1 aromatic rings. The Morgan fingerprint density at radius 3 is 2.26 bits per heavy atom. The van der Waals surface area contributed by atoms with Gasteiger partial charge >= 0.3 is 6.09 Å². The summed E-state index contributed by atoms with van der Waals surface area (Å²) in [5.41, 5.74) is 0.334. The van der Waals surface area contributed by atoms with Crippen LogP contribution >= 0.6 is 11.6 Å². The maximum Gasteiger partial charge on any atom is 0.408 e. The topological polar surface area (TPSA) is 55.4 Å². The van der Waals surface area contributed by atoms with E-state index in [0.717, 1.165) is 12.0 Å². The molecule has 0 radical (unpaired) electrons. The van der Waals surface area contributed by atoms with Crippen LogP contribution in [0.15, 0.2) is 24.3 Å². The van der Waals surface area contributed by atoms with E-state index < -0.39 is 17.7 Å². The summed E-state index contributed by atoms with van der Waals surface area (Å²) in [6.45, 7) is 9.19. The zero-order valence-corrected chi connectivity index (χ0v) is 15.2. The first-order valence-corrected chi connectivity index (χ1v) is 8.28. The summed E-state index contributed by atoms with van der Waals surface area (Å²) in [7, 11) is 0. The molecule has 0 fully saturated rings. The zero-order chi connectivity index (χ0) is 17.6. The molecule has 1 N–H and O–H groups in total. The van der Waals surface area contributed by atoms with Crippen LogP contribution < -0.4 is 5.32 Å². The highest BCUT2D eigenvalue weighted by Gasteiger charge is 2.27.